The first-order valence-corrected chi connectivity index (χ1v) is 11.9. The van der Waals surface area contributed by atoms with E-state index in [1.165, 1.54) is 12.0 Å². The van der Waals surface area contributed by atoms with Gasteiger partial charge in [-0.25, -0.2) is 0 Å². The van der Waals surface area contributed by atoms with Crippen molar-refractivity contribution in [3.05, 3.63) is 40.7 Å². The molecular weight excluding hydrogens is 402 g/mol. The average molecular weight is 442 g/mol. The van der Waals surface area contributed by atoms with Gasteiger partial charge in [0.05, 0.1) is 26.3 Å². The van der Waals surface area contributed by atoms with Gasteiger partial charge in [0.15, 0.2) is 11.5 Å². The number of ether oxygens (including phenoxy) is 2. The molecule has 1 amide bonds. The number of nitrogens with zero attached hydrogens (tertiary/aromatic N) is 3. The third-order valence-corrected chi connectivity index (χ3v) is 6.56. The Hall–Kier alpha value is -2.50. The zero-order valence-corrected chi connectivity index (χ0v) is 20.6. The molecule has 0 spiro atoms. The van der Waals surface area contributed by atoms with Crippen molar-refractivity contribution in [3.63, 3.8) is 0 Å². The summed E-state index contributed by atoms with van der Waals surface area (Å²) in [5.41, 5.74) is 4.42. The molecule has 6 nitrogen and oxygen atoms in total. The van der Waals surface area contributed by atoms with E-state index in [-0.39, 0.29) is 11.9 Å². The molecule has 1 aromatic carbocycles. The number of hydrogen-bond donors (Lipinski definition) is 0. The van der Waals surface area contributed by atoms with E-state index in [4.69, 9.17) is 14.6 Å². The van der Waals surface area contributed by atoms with Gasteiger partial charge in [0.25, 0.3) is 0 Å². The standard InChI is InChI=1S/C26H39N3O3/c1-18(2)17-29-20(4)23(19(3)27-29)16-26(30)28-14-8-7-9-22(28)12-10-21-11-13-24(31-5)25(15-21)32-6/h11,13,15,18,22H,7-10,12,14,16-17H2,1-6H3. The van der Waals surface area contributed by atoms with E-state index < -0.39 is 0 Å². The Balaban J connectivity index is 1.67. The van der Waals surface area contributed by atoms with Crippen LogP contribution >= 0.6 is 0 Å². The molecule has 1 aliphatic heterocycles. The monoisotopic (exact) mass is 441 g/mol. The molecule has 0 N–H and O–H groups in total. The van der Waals surface area contributed by atoms with Crippen molar-refractivity contribution in [2.75, 3.05) is 20.8 Å². The van der Waals surface area contributed by atoms with Crippen LogP contribution in [0.5, 0.6) is 11.5 Å². The van der Waals surface area contributed by atoms with Crippen molar-refractivity contribution < 1.29 is 14.3 Å². The van der Waals surface area contributed by atoms with E-state index in [2.05, 4.69) is 36.4 Å². The van der Waals surface area contributed by atoms with Gasteiger partial charge in [0, 0.05) is 30.4 Å². The second-order valence-corrected chi connectivity index (χ2v) is 9.37. The molecule has 2 aromatic rings. The minimum absolute atomic E-state index is 0.234. The molecule has 32 heavy (non-hydrogen) atoms. The third-order valence-electron chi connectivity index (χ3n) is 6.56. The fraction of sp³-hybridized carbons (Fsp3) is 0.615. The molecule has 6 heteroatoms. The summed E-state index contributed by atoms with van der Waals surface area (Å²) in [4.78, 5) is 15.5. The molecule has 3 rings (SSSR count). The zero-order chi connectivity index (χ0) is 23.3. The quantitative estimate of drug-likeness (QED) is 0.565. The number of carbonyl (C=O) groups excluding carboxylic acids is 1. The maximum Gasteiger partial charge on any atom is 0.227 e. The van der Waals surface area contributed by atoms with Crippen molar-refractivity contribution in [1.29, 1.82) is 0 Å². The number of carbonyl (C=O) groups is 1. The molecular formula is C26H39N3O3. The fourth-order valence-corrected chi connectivity index (χ4v) is 4.76. The Morgan fingerprint density at radius 1 is 1.16 bits per heavy atom. The predicted molar refractivity (Wildman–Crippen MR) is 127 cm³/mol. The van der Waals surface area contributed by atoms with Gasteiger partial charge in [-0.3, -0.25) is 9.48 Å². The van der Waals surface area contributed by atoms with Crippen LogP contribution < -0.4 is 9.47 Å². The van der Waals surface area contributed by atoms with Crippen LogP contribution in [0.25, 0.3) is 0 Å². The van der Waals surface area contributed by atoms with Gasteiger partial charge in [-0.15, -0.1) is 0 Å². The topological polar surface area (TPSA) is 56.6 Å². The van der Waals surface area contributed by atoms with Crippen LogP contribution in [-0.4, -0.2) is 47.4 Å². The van der Waals surface area contributed by atoms with Crippen LogP contribution in [0.15, 0.2) is 18.2 Å². The van der Waals surface area contributed by atoms with E-state index in [1.807, 2.05) is 19.1 Å². The first-order chi connectivity index (χ1) is 15.3. The van der Waals surface area contributed by atoms with E-state index >= 15 is 0 Å². The third kappa shape index (κ3) is 5.64. The SMILES string of the molecule is COc1ccc(CCC2CCCCN2C(=O)Cc2c(C)nn(CC(C)C)c2C)cc1OC. The maximum atomic E-state index is 13.4. The number of benzene rings is 1. The number of aromatic nitrogens is 2. The maximum absolute atomic E-state index is 13.4. The second kappa shape index (κ2) is 10.9. The lowest BCUT2D eigenvalue weighted by Crippen LogP contribution is -2.44. The van der Waals surface area contributed by atoms with Crippen LogP contribution in [-0.2, 0) is 24.2 Å². The summed E-state index contributed by atoms with van der Waals surface area (Å²) in [6.07, 6.45) is 5.67. The van der Waals surface area contributed by atoms with Gasteiger partial charge in [0.2, 0.25) is 5.91 Å². The Morgan fingerprint density at radius 3 is 2.59 bits per heavy atom. The Bertz CT molecular complexity index is 919. The number of amides is 1. The van der Waals surface area contributed by atoms with E-state index in [0.717, 1.165) is 67.2 Å². The summed E-state index contributed by atoms with van der Waals surface area (Å²) < 4.78 is 12.9. The lowest BCUT2D eigenvalue weighted by Gasteiger charge is -2.36. The molecule has 1 aliphatic rings. The Morgan fingerprint density at radius 2 is 1.91 bits per heavy atom. The fourth-order valence-electron chi connectivity index (χ4n) is 4.76. The molecule has 0 aliphatic carbocycles. The first kappa shape index (κ1) is 24.1. The van der Waals surface area contributed by atoms with Crippen molar-refractivity contribution >= 4 is 5.91 Å². The van der Waals surface area contributed by atoms with Gasteiger partial charge in [-0.2, -0.15) is 5.10 Å². The van der Waals surface area contributed by atoms with Crippen LogP contribution in [0.2, 0.25) is 0 Å². The van der Waals surface area contributed by atoms with Crippen LogP contribution in [0, 0.1) is 19.8 Å². The number of hydrogen-bond acceptors (Lipinski definition) is 4. The van der Waals surface area contributed by atoms with Crippen molar-refractivity contribution in [2.45, 2.75) is 78.8 Å². The molecule has 2 heterocycles. The highest BCUT2D eigenvalue weighted by molar-refractivity contribution is 5.79. The van der Waals surface area contributed by atoms with E-state index in [0.29, 0.717) is 12.3 Å². The van der Waals surface area contributed by atoms with E-state index in [1.54, 1.807) is 14.2 Å². The van der Waals surface area contributed by atoms with Gasteiger partial charge < -0.3 is 14.4 Å². The Kier molecular flexibility index (Phi) is 8.21. The van der Waals surface area contributed by atoms with Gasteiger partial charge in [-0.1, -0.05) is 19.9 Å². The molecule has 1 unspecified atom stereocenters. The molecule has 1 atom stereocenters. The average Bonchev–Trinajstić information content (AvgIpc) is 3.04. The van der Waals surface area contributed by atoms with Crippen molar-refractivity contribution in [3.8, 4) is 11.5 Å². The smallest absolute Gasteiger partial charge is 0.227 e. The van der Waals surface area contributed by atoms with E-state index in [9.17, 15) is 4.79 Å². The number of aryl methyl sites for hydroxylation is 2. The molecule has 176 valence electrons. The highest BCUT2D eigenvalue weighted by atomic mass is 16.5. The Labute approximate surface area is 192 Å². The lowest BCUT2D eigenvalue weighted by molar-refractivity contribution is -0.134. The molecule has 1 saturated heterocycles. The summed E-state index contributed by atoms with van der Waals surface area (Å²) in [7, 11) is 3.31. The number of methoxy groups -OCH3 is 2. The van der Waals surface area contributed by atoms with Gasteiger partial charge in [0.1, 0.15) is 0 Å². The molecule has 1 fully saturated rings. The first-order valence-electron chi connectivity index (χ1n) is 11.9. The van der Waals surface area contributed by atoms with Crippen LogP contribution in [0.4, 0.5) is 0 Å². The summed E-state index contributed by atoms with van der Waals surface area (Å²) >= 11 is 0. The predicted octanol–water partition coefficient (Wildman–Crippen LogP) is 4.73. The second-order valence-electron chi connectivity index (χ2n) is 9.37. The highest BCUT2D eigenvalue weighted by Crippen LogP contribution is 2.29. The van der Waals surface area contributed by atoms with Crippen molar-refractivity contribution in [1.82, 2.24) is 14.7 Å². The molecule has 1 aromatic heterocycles. The van der Waals surface area contributed by atoms with Crippen LogP contribution in [0.1, 0.15) is 62.0 Å². The van der Waals surface area contributed by atoms with Gasteiger partial charge in [-0.05, 0) is 69.6 Å². The van der Waals surface area contributed by atoms with Crippen molar-refractivity contribution in [2.24, 2.45) is 5.92 Å². The number of likely N-dealkylation sites (tertiary alicyclic amines) is 1. The normalized spacial score (nSPS) is 16.5. The lowest BCUT2D eigenvalue weighted by atomic mass is 9.94. The highest BCUT2D eigenvalue weighted by Gasteiger charge is 2.28. The summed E-state index contributed by atoms with van der Waals surface area (Å²) in [6.45, 7) is 10.2. The van der Waals surface area contributed by atoms with Gasteiger partial charge >= 0.3 is 0 Å². The summed E-state index contributed by atoms with van der Waals surface area (Å²) in [5.74, 6) is 2.26. The summed E-state index contributed by atoms with van der Waals surface area (Å²) in [5, 5.41) is 4.70. The molecule has 0 bridgehead atoms. The zero-order valence-electron chi connectivity index (χ0n) is 20.6. The minimum atomic E-state index is 0.234. The number of rotatable bonds is 9. The molecule has 0 radical (unpaired) electrons. The largest absolute Gasteiger partial charge is 0.493 e. The summed E-state index contributed by atoms with van der Waals surface area (Å²) in [6, 6.07) is 6.38. The van der Waals surface area contributed by atoms with Crippen LogP contribution in [0.3, 0.4) is 0 Å². The minimum Gasteiger partial charge on any atom is -0.493 e. The number of piperidine rings is 1. The molecule has 0 saturated carbocycles.